The van der Waals surface area contributed by atoms with Crippen molar-refractivity contribution in [1.82, 2.24) is 0 Å². The molecule has 164 valence electrons. The van der Waals surface area contributed by atoms with E-state index in [2.05, 4.69) is 12.8 Å². The summed E-state index contributed by atoms with van der Waals surface area (Å²) < 4.78 is 11.5. The van der Waals surface area contributed by atoms with Gasteiger partial charge in [0.05, 0.1) is 0 Å². The molecule has 4 unspecified atom stereocenters. The molecule has 0 aromatic rings. The van der Waals surface area contributed by atoms with Gasteiger partial charge >= 0.3 is 6.16 Å². The first-order valence-corrected chi connectivity index (χ1v) is 11.8. The first-order chi connectivity index (χ1) is 14.1. The maximum absolute atomic E-state index is 12.6. The van der Waals surface area contributed by atoms with E-state index in [0.29, 0.717) is 35.9 Å². The molecule has 0 spiro atoms. The quantitative estimate of drug-likeness (QED) is 0.422. The van der Waals surface area contributed by atoms with E-state index in [-0.39, 0.29) is 5.41 Å². The maximum Gasteiger partial charge on any atom is 0.510 e. The van der Waals surface area contributed by atoms with Crippen LogP contribution in [-0.4, -0.2) is 23.1 Å². The molecule has 3 saturated carbocycles. The number of carbonyl (C=O) groups excluding carboxylic acids is 2. The molecule has 0 bridgehead atoms. The number of hydrogen-bond donors (Lipinski definition) is 0. The highest BCUT2D eigenvalue weighted by atomic mass is 16.7. The minimum atomic E-state index is -0.877. The number of ketones is 1. The molecule has 4 rings (SSSR count). The van der Waals surface area contributed by atoms with Gasteiger partial charge in [-0.3, -0.25) is 4.79 Å². The first-order valence-electron chi connectivity index (χ1n) is 11.8. The van der Waals surface area contributed by atoms with Crippen LogP contribution in [0.5, 0.6) is 0 Å². The number of hydrogen-bond acceptors (Lipinski definition) is 4. The lowest BCUT2D eigenvalue weighted by Gasteiger charge is -2.56. The number of carbonyl (C=O) groups is 2. The molecule has 0 saturated heterocycles. The Morgan fingerprint density at radius 2 is 1.93 bits per heavy atom. The van der Waals surface area contributed by atoms with E-state index < -0.39 is 17.4 Å². The van der Waals surface area contributed by atoms with Crippen molar-refractivity contribution in [3.8, 4) is 12.3 Å². The number of allylic oxidation sites excluding steroid dienone is 1. The Labute approximate surface area is 181 Å². The molecule has 4 heteroatoms. The average Bonchev–Trinajstić information content (AvgIpc) is 3.01. The largest absolute Gasteiger partial charge is 0.510 e. The van der Waals surface area contributed by atoms with E-state index in [1.165, 1.54) is 5.57 Å². The summed E-state index contributed by atoms with van der Waals surface area (Å²) in [5.74, 6) is 5.54. The predicted molar refractivity (Wildman–Crippen MR) is 116 cm³/mol. The molecular formula is C26H36O4. The van der Waals surface area contributed by atoms with Gasteiger partial charge < -0.3 is 9.47 Å². The fourth-order valence-corrected chi connectivity index (χ4v) is 7.53. The minimum Gasteiger partial charge on any atom is -0.429 e. The predicted octanol–water partition coefficient (Wildman–Crippen LogP) is 5.84. The van der Waals surface area contributed by atoms with E-state index in [4.69, 9.17) is 15.9 Å². The van der Waals surface area contributed by atoms with Crippen LogP contribution in [0.15, 0.2) is 11.6 Å². The second kappa shape index (κ2) is 7.43. The first kappa shape index (κ1) is 21.5. The van der Waals surface area contributed by atoms with Gasteiger partial charge in [0.1, 0.15) is 5.60 Å². The number of terminal acetylenes is 1. The Hall–Kier alpha value is -1.76. The molecule has 4 nitrogen and oxygen atoms in total. The van der Waals surface area contributed by atoms with Crippen LogP contribution in [0.3, 0.4) is 0 Å². The molecular weight excluding hydrogens is 376 g/mol. The van der Waals surface area contributed by atoms with Gasteiger partial charge in [-0.15, -0.1) is 6.42 Å². The van der Waals surface area contributed by atoms with Crippen LogP contribution >= 0.6 is 0 Å². The number of rotatable bonds is 2. The molecule has 4 aliphatic rings. The van der Waals surface area contributed by atoms with Crippen LogP contribution in [0.4, 0.5) is 4.79 Å². The summed E-state index contributed by atoms with van der Waals surface area (Å²) in [5, 5.41) is 0. The zero-order valence-corrected chi connectivity index (χ0v) is 19.0. The topological polar surface area (TPSA) is 52.6 Å². The SMILES string of the molecule is C#C[C@]1(OC(=O)OC(C)(C)C)CCC2C3CCC4=CC(=O)CCC4C3CC[C@@]21CC. The van der Waals surface area contributed by atoms with E-state index in [1.807, 2.05) is 26.8 Å². The van der Waals surface area contributed by atoms with E-state index in [0.717, 1.165) is 51.4 Å². The molecule has 0 aromatic carbocycles. The third kappa shape index (κ3) is 3.29. The zero-order valence-electron chi connectivity index (χ0n) is 19.0. The molecule has 6 atom stereocenters. The Kier molecular flexibility index (Phi) is 5.32. The second-order valence-corrected chi connectivity index (χ2v) is 10.9. The number of ether oxygens (including phenoxy) is 2. The van der Waals surface area contributed by atoms with Crippen molar-refractivity contribution in [3.63, 3.8) is 0 Å². The highest BCUT2D eigenvalue weighted by Crippen LogP contribution is 2.67. The smallest absolute Gasteiger partial charge is 0.429 e. The summed E-state index contributed by atoms with van der Waals surface area (Å²) in [6, 6.07) is 0. The fraction of sp³-hybridized carbons (Fsp3) is 0.769. The summed E-state index contributed by atoms with van der Waals surface area (Å²) in [7, 11) is 0. The third-order valence-electron chi connectivity index (χ3n) is 8.63. The molecule has 0 radical (unpaired) electrons. The molecule has 0 heterocycles. The van der Waals surface area contributed by atoms with E-state index in [1.54, 1.807) is 0 Å². The lowest BCUT2D eigenvalue weighted by molar-refractivity contribution is -0.127. The van der Waals surface area contributed by atoms with Crippen LogP contribution in [0, 0.1) is 41.4 Å². The zero-order chi connectivity index (χ0) is 21.7. The Bertz CT molecular complexity index is 797. The van der Waals surface area contributed by atoms with Crippen molar-refractivity contribution in [1.29, 1.82) is 0 Å². The minimum absolute atomic E-state index is 0.175. The van der Waals surface area contributed by atoms with Gasteiger partial charge in [0.15, 0.2) is 11.4 Å². The van der Waals surface area contributed by atoms with Gasteiger partial charge in [0.2, 0.25) is 0 Å². The van der Waals surface area contributed by atoms with Crippen molar-refractivity contribution in [2.24, 2.45) is 29.1 Å². The molecule has 3 fully saturated rings. The van der Waals surface area contributed by atoms with E-state index >= 15 is 0 Å². The monoisotopic (exact) mass is 412 g/mol. The molecule has 0 aromatic heterocycles. The van der Waals surface area contributed by atoms with Crippen LogP contribution in [0.2, 0.25) is 0 Å². The summed E-state index contributed by atoms with van der Waals surface area (Å²) >= 11 is 0. The fourth-order valence-electron chi connectivity index (χ4n) is 7.53. The van der Waals surface area contributed by atoms with Gasteiger partial charge in [-0.1, -0.05) is 18.4 Å². The number of fused-ring (bicyclic) bond motifs is 5. The summed E-state index contributed by atoms with van der Waals surface area (Å²) in [4.78, 5) is 24.6. The van der Waals surface area contributed by atoms with Crippen LogP contribution in [-0.2, 0) is 14.3 Å². The van der Waals surface area contributed by atoms with Crippen molar-refractivity contribution in [2.45, 2.75) is 96.7 Å². The lowest BCUT2D eigenvalue weighted by atomic mass is 9.49. The van der Waals surface area contributed by atoms with Crippen LogP contribution < -0.4 is 0 Å². The summed E-state index contributed by atoms with van der Waals surface area (Å²) in [5.41, 5.74) is -0.265. The highest BCUT2D eigenvalue weighted by Gasteiger charge is 2.66. The van der Waals surface area contributed by atoms with Gasteiger partial charge in [0.25, 0.3) is 0 Å². The highest BCUT2D eigenvalue weighted by molar-refractivity contribution is 5.91. The molecule has 0 aliphatic heterocycles. The van der Waals surface area contributed by atoms with Gasteiger partial charge in [0, 0.05) is 11.8 Å². The summed E-state index contributed by atoms with van der Waals surface area (Å²) in [6.45, 7) is 7.74. The Morgan fingerprint density at radius 1 is 1.17 bits per heavy atom. The van der Waals surface area contributed by atoms with Crippen LogP contribution in [0.25, 0.3) is 0 Å². The Balaban J connectivity index is 1.61. The van der Waals surface area contributed by atoms with Crippen molar-refractivity contribution in [3.05, 3.63) is 11.6 Å². The van der Waals surface area contributed by atoms with E-state index in [9.17, 15) is 9.59 Å². The second-order valence-electron chi connectivity index (χ2n) is 10.9. The van der Waals surface area contributed by atoms with Crippen molar-refractivity contribution in [2.75, 3.05) is 0 Å². The van der Waals surface area contributed by atoms with Crippen molar-refractivity contribution < 1.29 is 19.1 Å². The lowest BCUT2D eigenvalue weighted by Crippen LogP contribution is -2.55. The normalized spacial score (nSPS) is 40.4. The van der Waals surface area contributed by atoms with Gasteiger partial charge in [-0.2, -0.15) is 0 Å². The average molecular weight is 413 g/mol. The van der Waals surface area contributed by atoms with Gasteiger partial charge in [-0.25, -0.2) is 4.79 Å². The van der Waals surface area contributed by atoms with Crippen LogP contribution in [0.1, 0.15) is 85.5 Å². The van der Waals surface area contributed by atoms with Gasteiger partial charge in [-0.05, 0) is 102 Å². The third-order valence-corrected chi connectivity index (χ3v) is 8.63. The molecule has 0 N–H and O–H groups in total. The Morgan fingerprint density at radius 3 is 2.60 bits per heavy atom. The standard InChI is InChI=1S/C26H36O4/c1-6-25-14-12-20-19-11-9-18(27)16-17(19)8-10-21(20)22(25)13-15-26(25,7-2)30-23(28)29-24(3,4)5/h2,16,19-22H,6,8-15H2,1,3-5H3/t19?,20?,21?,22?,25-,26-/m0/s1. The van der Waals surface area contributed by atoms with Crippen molar-refractivity contribution >= 4 is 11.9 Å². The molecule has 4 aliphatic carbocycles. The maximum atomic E-state index is 12.6. The molecule has 0 amide bonds. The molecule has 30 heavy (non-hydrogen) atoms. The summed E-state index contributed by atoms with van der Waals surface area (Å²) in [6.07, 6.45) is 16.0.